The lowest BCUT2D eigenvalue weighted by Crippen LogP contribution is -2.70. The first kappa shape index (κ1) is 69.2. The maximum atomic E-state index is 14.0. The van der Waals surface area contributed by atoms with Gasteiger partial charge < -0.3 is 18.9 Å². The highest BCUT2D eigenvalue weighted by molar-refractivity contribution is 7.47. The Balaban J connectivity index is 5.36. The van der Waals surface area contributed by atoms with Crippen LogP contribution in [0.2, 0.25) is 0 Å². The molecule has 1 N–H and O–H groups in total. The number of ether oxygens (including phenoxy) is 2. The van der Waals surface area contributed by atoms with Gasteiger partial charge in [-0.15, -0.1) is 0 Å². The Morgan fingerprint density at radius 2 is 0.764 bits per heavy atom. The van der Waals surface area contributed by atoms with E-state index in [1.165, 1.54) is 0 Å². The van der Waals surface area contributed by atoms with Crippen molar-refractivity contribution < 1.29 is 156 Å². The summed E-state index contributed by atoms with van der Waals surface area (Å²) in [5.41, 5.74) is 0. The highest BCUT2D eigenvalue weighted by atomic mass is 31.2. The number of halogens is 26. The fraction of sp³-hybridized carbons (Fsp3) is 0.944. The van der Waals surface area contributed by atoms with E-state index in [4.69, 9.17) is 18.5 Å². The Morgan fingerprint density at radius 3 is 1.11 bits per heavy atom. The summed E-state index contributed by atoms with van der Waals surface area (Å²) in [7, 11) is 0.0533. The average molecular weight is 1150 g/mol. The second-order valence-electron chi connectivity index (χ2n) is 16.9. The van der Waals surface area contributed by atoms with Crippen molar-refractivity contribution in [2.24, 2.45) is 0 Å². The van der Waals surface area contributed by atoms with Gasteiger partial charge in [0.25, 0.3) is 0 Å². The normalized spacial score (nSPS) is 16.1. The van der Waals surface area contributed by atoms with Crippen molar-refractivity contribution in [3.63, 3.8) is 0 Å². The third kappa shape index (κ3) is 16.8. The van der Waals surface area contributed by atoms with E-state index in [1.54, 1.807) is 21.1 Å². The first-order valence-electron chi connectivity index (χ1n) is 20.5. The van der Waals surface area contributed by atoms with Crippen LogP contribution >= 0.6 is 7.82 Å². The first-order chi connectivity index (χ1) is 31.8. The molecule has 72 heavy (non-hydrogen) atoms. The van der Waals surface area contributed by atoms with Crippen LogP contribution in [0.25, 0.3) is 0 Å². The minimum absolute atomic E-state index is 0.140. The average Bonchev–Trinajstić information content (AvgIpc) is 3.18. The number of hydrogen-bond donors (Lipinski definition) is 1. The van der Waals surface area contributed by atoms with E-state index in [-0.39, 0.29) is 56.2 Å². The monoisotopic (exact) mass is 1150 g/mol. The summed E-state index contributed by atoms with van der Waals surface area (Å²) < 4.78 is 377. The summed E-state index contributed by atoms with van der Waals surface area (Å²) >= 11 is 0. The van der Waals surface area contributed by atoms with E-state index in [9.17, 15) is 133 Å². The number of phosphoric acid groups is 1. The molecule has 0 fully saturated rings. The largest absolute Gasteiger partial charge is 0.472 e. The number of likely N-dealkylation sites (N-methyl/N-ethyl adjacent to an activating group) is 1. The molecule has 0 saturated carbocycles. The molecule has 0 amide bonds. The Labute approximate surface area is 391 Å². The van der Waals surface area contributed by atoms with Crippen molar-refractivity contribution in [1.82, 2.24) is 0 Å². The molecule has 2 atom stereocenters. The van der Waals surface area contributed by atoms with Crippen molar-refractivity contribution in [2.75, 3.05) is 47.5 Å². The predicted octanol–water partition coefficient (Wildman–Crippen LogP) is 13.2. The summed E-state index contributed by atoms with van der Waals surface area (Å²) in [6, 6.07) is 0. The van der Waals surface area contributed by atoms with Crippen molar-refractivity contribution in [2.45, 2.75) is 168 Å². The van der Waals surface area contributed by atoms with Gasteiger partial charge in [-0.25, -0.2) is 4.57 Å². The van der Waals surface area contributed by atoms with Gasteiger partial charge >= 0.3 is 91.3 Å². The lowest BCUT2D eigenvalue weighted by Gasteiger charge is -2.39. The zero-order valence-electron chi connectivity index (χ0n) is 37.3. The molecule has 0 aromatic carbocycles. The first-order valence-corrected chi connectivity index (χ1v) is 22.0. The van der Waals surface area contributed by atoms with Crippen molar-refractivity contribution in [3.8, 4) is 0 Å². The molecule has 0 heterocycles. The second kappa shape index (κ2) is 24.5. The second-order valence-corrected chi connectivity index (χ2v) is 18.4. The molecule has 0 aliphatic carbocycles. The highest BCUT2D eigenvalue weighted by Gasteiger charge is 2.92. The topological polar surface area (TPSA) is 108 Å². The molecule has 0 rings (SSSR count). The van der Waals surface area contributed by atoms with Gasteiger partial charge in [-0.05, 0) is 25.7 Å². The summed E-state index contributed by atoms with van der Waals surface area (Å²) in [4.78, 5) is 34.7. The van der Waals surface area contributed by atoms with Crippen molar-refractivity contribution >= 4 is 19.8 Å². The van der Waals surface area contributed by atoms with Gasteiger partial charge in [0.2, 0.25) is 0 Å². The minimum atomic E-state index is -8.05. The smallest absolute Gasteiger partial charge is 0.462 e. The minimum Gasteiger partial charge on any atom is -0.462 e. The Bertz CT molecular complexity index is 1770. The molecule has 0 aliphatic rings. The fourth-order valence-electron chi connectivity index (χ4n) is 5.48. The van der Waals surface area contributed by atoms with Gasteiger partial charge in [0, 0.05) is 25.7 Å². The van der Waals surface area contributed by atoms with E-state index < -0.39 is 162 Å². The number of phosphoric ester groups is 1. The molecule has 0 aliphatic heterocycles. The molecule has 1 unspecified atom stereocenters. The fourth-order valence-corrected chi connectivity index (χ4v) is 6.22. The number of esters is 2. The molecule has 430 valence electrons. The maximum absolute atomic E-state index is 14.0. The van der Waals surface area contributed by atoms with E-state index >= 15 is 0 Å². The molecule has 9 nitrogen and oxygen atoms in total. The number of rotatable bonds is 34. The number of alkyl halides is 26. The quantitative estimate of drug-likeness (QED) is 0.0223. The van der Waals surface area contributed by atoms with E-state index in [0.29, 0.717) is 0 Å². The number of quaternary nitrogens is 1. The van der Waals surface area contributed by atoms with Gasteiger partial charge in [-0.1, -0.05) is 38.5 Å². The third-order valence-electron chi connectivity index (χ3n) is 9.91. The molecule has 0 bridgehead atoms. The zero-order chi connectivity index (χ0) is 57.3. The zero-order valence-corrected chi connectivity index (χ0v) is 38.2. The van der Waals surface area contributed by atoms with Gasteiger partial charge in [0.05, 0.1) is 27.7 Å². The SMILES string of the molecule is C[N+](C)(C)CCOP(=O)(O)OC[C@@H](COC(=O)CCCCCCCC(F)(F)C(F)(F)C(F)(F)C(F)(F)C(F)(F)C(F)(F)F)OC(=O)CCCCCCCC(F)(F)C(F)(F)C(F)(F)C(F)(F)C(F)(F)C(F)(F)F. The number of carbonyl (C=O) groups is 2. The van der Waals surface area contributed by atoms with E-state index in [1.807, 2.05) is 0 Å². The van der Waals surface area contributed by atoms with Crippen LogP contribution in [0, 0.1) is 0 Å². The summed E-state index contributed by atoms with van der Waals surface area (Å²) in [6.45, 7) is -2.26. The van der Waals surface area contributed by atoms with Crippen LogP contribution in [0.5, 0.6) is 0 Å². The molecule has 0 radical (unpaired) electrons. The predicted molar refractivity (Wildman–Crippen MR) is 192 cm³/mol. The third-order valence-corrected chi connectivity index (χ3v) is 10.9. The van der Waals surface area contributed by atoms with Crippen LogP contribution < -0.4 is 0 Å². The summed E-state index contributed by atoms with van der Waals surface area (Å²) in [5.74, 6) is -77.6. The van der Waals surface area contributed by atoms with Crippen LogP contribution in [0.3, 0.4) is 0 Å². The number of unbranched alkanes of at least 4 members (excludes halogenated alkanes) is 8. The number of nitrogens with zero attached hydrogens (tertiary/aromatic N) is 1. The molecular formula is C36H47F26NO8P+. The standard InChI is InChI=1S/C36H46F26NO8P/c1-63(2,3)18-19-69-72(66,67)70-21-22(71-24(65)15-11-7-5-9-13-17-26(39,40)28(43,44)30(47,48)32(51,52)34(55,56)36(60,61)62)20-68-23(64)14-10-6-4-8-12-16-25(37,38)27(41,42)29(45,46)31(49,50)33(53,54)35(57,58)59/h22H,4-21H2,1-3H3/p+1/t22-/m1/s1. The highest BCUT2D eigenvalue weighted by Crippen LogP contribution is 2.62. The lowest BCUT2D eigenvalue weighted by atomic mass is 9.91. The van der Waals surface area contributed by atoms with Crippen molar-refractivity contribution in [1.29, 1.82) is 0 Å². The van der Waals surface area contributed by atoms with Crippen LogP contribution in [-0.4, -0.2) is 147 Å². The molecular weight excluding hydrogens is 1100 g/mol. The molecule has 36 heteroatoms. The van der Waals surface area contributed by atoms with Gasteiger partial charge in [-0.3, -0.25) is 18.6 Å². The number of carbonyl (C=O) groups excluding carboxylic acids is 2. The molecule has 0 aromatic rings. The van der Waals surface area contributed by atoms with Crippen LogP contribution in [0.15, 0.2) is 0 Å². The molecule has 0 aromatic heterocycles. The summed E-state index contributed by atoms with van der Waals surface area (Å²) in [5, 5.41) is 0. The Morgan fingerprint density at radius 1 is 0.444 bits per heavy atom. The van der Waals surface area contributed by atoms with Crippen LogP contribution in [-0.2, 0) is 32.7 Å². The van der Waals surface area contributed by atoms with Gasteiger partial charge in [-0.2, -0.15) is 114 Å². The van der Waals surface area contributed by atoms with Gasteiger partial charge in [0.1, 0.15) is 19.8 Å². The molecule has 0 saturated heterocycles. The lowest BCUT2D eigenvalue weighted by molar-refractivity contribution is -0.870. The van der Waals surface area contributed by atoms with Crippen LogP contribution in [0.1, 0.15) is 89.9 Å². The van der Waals surface area contributed by atoms with E-state index in [0.717, 1.165) is 0 Å². The maximum Gasteiger partial charge on any atom is 0.472 e. The van der Waals surface area contributed by atoms with E-state index in [2.05, 4.69) is 0 Å². The van der Waals surface area contributed by atoms with Crippen LogP contribution in [0.4, 0.5) is 114 Å². The Hall–Kier alpha value is -2.81. The van der Waals surface area contributed by atoms with Crippen molar-refractivity contribution in [3.05, 3.63) is 0 Å². The number of hydrogen-bond acceptors (Lipinski definition) is 7. The molecule has 0 spiro atoms. The Kier molecular flexibility index (Phi) is 23.5. The summed E-state index contributed by atoms with van der Waals surface area (Å²) in [6.07, 6.45) is -28.3. The van der Waals surface area contributed by atoms with Gasteiger partial charge in [0.15, 0.2) is 6.10 Å².